The zero-order valence-electron chi connectivity index (χ0n) is 11.5. The Bertz CT molecular complexity index is 185. The molecule has 2 nitrogen and oxygen atoms in total. The fraction of sp³-hybridized carbons (Fsp3) is 1.00. The van der Waals surface area contributed by atoms with Gasteiger partial charge in [0.15, 0.2) is 0 Å². The number of hydrogen-bond donors (Lipinski definition) is 1. The summed E-state index contributed by atoms with van der Waals surface area (Å²) in [5.74, 6) is 0.884. The summed E-state index contributed by atoms with van der Waals surface area (Å²) in [6.45, 7) is 7.56. The van der Waals surface area contributed by atoms with Gasteiger partial charge < -0.3 is 10.1 Å². The zero-order valence-corrected chi connectivity index (χ0v) is 11.5. The van der Waals surface area contributed by atoms with Crippen molar-refractivity contribution in [1.82, 2.24) is 5.32 Å². The lowest BCUT2D eigenvalue weighted by molar-refractivity contribution is 0.106. The van der Waals surface area contributed by atoms with Crippen molar-refractivity contribution < 1.29 is 4.74 Å². The second kappa shape index (κ2) is 6.61. The molecule has 0 heterocycles. The average molecular weight is 227 g/mol. The highest BCUT2D eigenvalue weighted by Gasteiger charge is 2.27. The van der Waals surface area contributed by atoms with Crippen LogP contribution in [0.1, 0.15) is 59.3 Å². The summed E-state index contributed by atoms with van der Waals surface area (Å²) in [4.78, 5) is 0. The van der Waals surface area contributed by atoms with Crippen molar-refractivity contribution in [2.24, 2.45) is 5.92 Å². The maximum atomic E-state index is 5.28. The molecular weight excluding hydrogens is 198 g/mol. The van der Waals surface area contributed by atoms with Gasteiger partial charge in [0.25, 0.3) is 0 Å². The highest BCUT2D eigenvalue weighted by Crippen LogP contribution is 2.28. The van der Waals surface area contributed by atoms with Crippen molar-refractivity contribution in [3.05, 3.63) is 0 Å². The average Bonchev–Trinajstić information content (AvgIpc) is 2.27. The molecule has 1 N–H and O–H groups in total. The molecule has 0 aromatic carbocycles. The van der Waals surface area contributed by atoms with E-state index in [0.29, 0.717) is 6.04 Å². The van der Waals surface area contributed by atoms with Crippen molar-refractivity contribution in [3.8, 4) is 0 Å². The molecule has 0 aromatic heterocycles. The van der Waals surface area contributed by atoms with Gasteiger partial charge in [-0.25, -0.2) is 0 Å². The fourth-order valence-electron chi connectivity index (χ4n) is 2.99. The van der Waals surface area contributed by atoms with Crippen LogP contribution in [-0.2, 0) is 4.74 Å². The van der Waals surface area contributed by atoms with E-state index in [-0.39, 0.29) is 5.54 Å². The smallest absolute Gasteiger partial charge is 0.0639 e. The molecule has 96 valence electrons. The van der Waals surface area contributed by atoms with Gasteiger partial charge in [-0.2, -0.15) is 0 Å². The van der Waals surface area contributed by atoms with Crippen LogP contribution in [0.4, 0.5) is 0 Å². The molecule has 0 aliphatic heterocycles. The molecule has 0 radical (unpaired) electrons. The van der Waals surface area contributed by atoms with Gasteiger partial charge >= 0.3 is 0 Å². The molecule has 1 aliphatic carbocycles. The molecule has 16 heavy (non-hydrogen) atoms. The Morgan fingerprint density at radius 2 is 1.88 bits per heavy atom. The molecule has 0 spiro atoms. The van der Waals surface area contributed by atoms with Crippen molar-refractivity contribution in [3.63, 3.8) is 0 Å². The SMILES string of the molecule is CCC(NC(C)(C)COC)C1CCCCC1. The predicted molar refractivity (Wildman–Crippen MR) is 69.7 cm³/mol. The number of ether oxygens (including phenoxy) is 1. The number of methoxy groups -OCH3 is 1. The summed E-state index contributed by atoms with van der Waals surface area (Å²) in [7, 11) is 1.78. The lowest BCUT2D eigenvalue weighted by Gasteiger charge is -2.37. The van der Waals surface area contributed by atoms with Crippen molar-refractivity contribution in [2.45, 2.75) is 70.9 Å². The Morgan fingerprint density at radius 3 is 2.38 bits per heavy atom. The maximum Gasteiger partial charge on any atom is 0.0639 e. The largest absolute Gasteiger partial charge is 0.383 e. The van der Waals surface area contributed by atoms with Gasteiger partial charge in [-0.3, -0.25) is 0 Å². The molecule has 1 saturated carbocycles. The number of rotatable bonds is 6. The Kier molecular flexibility index (Phi) is 5.77. The highest BCUT2D eigenvalue weighted by atomic mass is 16.5. The number of nitrogens with one attached hydrogen (secondary N) is 1. The monoisotopic (exact) mass is 227 g/mol. The minimum Gasteiger partial charge on any atom is -0.383 e. The second-order valence-electron chi connectivity index (χ2n) is 5.87. The van der Waals surface area contributed by atoms with Crippen LogP contribution in [0, 0.1) is 5.92 Å². The normalized spacial score (nSPS) is 21.0. The first kappa shape index (κ1) is 14.0. The summed E-state index contributed by atoms with van der Waals surface area (Å²) >= 11 is 0. The van der Waals surface area contributed by atoms with Crippen LogP contribution >= 0.6 is 0 Å². The van der Waals surface area contributed by atoms with Crippen LogP contribution in [0.3, 0.4) is 0 Å². The van der Waals surface area contributed by atoms with Gasteiger partial charge in [0, 0.05) is 18.7 Å². The van der Waals surface area contributed by atoms with Gasteiger partial charge in [-0.1, -0.05) is 26.2 Å². The highest BCUT2D eigenvalue weighted by molar-refractivity contribution is 4.86. The summed E-state index contributed by atoms with van der Waals surface area (Å²) in [5.41, 5.74) is 0.104. The van der Waals surface area contributed by atoms with Crippen molar-refractivity contribution >= 4 is 0 Å². The van der Waals surface area contributed by atoms with Crippen LogP contribution in [0.25, 0.3) is 0 Å². The van der Waals surface area contributed by atoms with E-state index in [1.807, 2.05) is 0 Å². The van der Waals surface area contributed by atoms with E-state index >= 15 is 0 Å². The molecule has 0 aromatic rings. The first-order valence-corrected chi connectivity index (χ1v) is 6.85. The molecule has 1 atom stereocenters. The van der Waals surface area contributed by atoms with Crippen molar-refractivity contribution in [1.29, 1.82) is 0 Å². The lowest BCUT2D eigenvalue weighted by Crippen LogP contribution is -2.51. The Hall–Kier alpha value is -0.0800. The van der Waals surface area contributed by atoms with E-state index in [1.165, 1.54) is 38.5 Å². The molecule has 1 fully saturated rings. The van der Waals surface area contributed by atoms with Crippen molar-refractivity contribution in [2.75, 3.05) is 13.7 Å². The first-order chi connectivity index (χ1) is 7.59. The Balaban J connectivity index is 2.46. The minimum absolute atomic E-state index is 0.104. The quantitative estimate of drug-likeness (QED) is 0.751. The third-order valence-corrected chi connectivity index (χ3v) is 3.74. The van der Waals surface area contributed by atoms with Crippen LogP contribution in [0.2, 0.25) is 0 Å². The molecule has 0 saturated heterocycles. The van der Waals surface area contributed by atoms with Gasteiger partial charge in [0.05, 0.1) is 6.61 Å². The molecule has 1 aliphatic rings. The van der Waals surface area contributed by atoms with Gasteiger partial charge in [-0.15, -0.1) is 0 Å². The van der Waals surface area contributed by atoms with Crippen LogP contribution in [0.15, 0.2) is 0 Å². The maximum absolute atomic E-state index is 5.28. The molecule has 1 unspecified atom stereocenters. The molecule has 1 rings (SSSR count). The Morgan fingerprint density at radius 1 is 1.25 bits per heavy atom. The lowest BCUT2D eigenvalue weighted by atomic mass is 9.82. The molecule has 2 heteroatoms. The third kappa shape index (κ3) is 4.42. The van der Waals surface area contributed by atoms with Crippen LogP contribution in [0.5, 0.6) is 0 Å². The first-order valence-electron chi connectivity index (χ1n) is 6.85. The van der Waals surface area contributed by atoms with E-state index < -0.39 is 0 Å². The van der Waals surface area contributed by atoms with E-state index in [4.69, 9.17) is 4.74 Å². The third-order valence-electron chi connectivity index (χ3n) is 3.74. The standard InChI is InChI=1S/C14H29NO/c1-5-13(12-9-7-6-8-10-12)15-14(2,3)11-16-4/h12-13,15H,5-11H2,1-4H3. The predicted octanol–water partition coefficient (Wildman–Crippen LogP) is 3.36. The summed E-state index contributed by atoms with van der Waals surface area (Å²) in [5, 5.41) is 3.79. The molecular formula is C14H29NO. The van der Waals surface area contributed by atoms with Gasteiger partial charge in [0.1, 0.15) is 0 Å². The number of hydrogen-bond acceptors (Lipinski definition) is 2. The van der Waals surface area contributed by atoms with E-state index in [1.54, 1.807) is 7.11 Å². The van der Waals surface area contributed by atoms with Gasteiger partial charge in [-0.05, 0) is 39.0 Å². The topological polar surface area (TPSA) is 21.3 Å². The molecule has 0 amide bonds. The van der Waals surface area contributed by atoms with Gasteiger partial charge in [0.2, 0.25) is 0 Å². The van der Waals surface area contributed by atoms with E-state index in [2.05, 4.69) is 26.1 Å². The summed E-state index contributed by atoms with van der Waals surface area (Å²) < 4.78 is 5.28. The van der Waals surface area contributed by atoms with E-state index in [9.17, 15) is 0 Å². The van der Waals surface area contributed by atoms with E-state index in [0.717, 1.165) is 12.5 Å². The fourth-order valence-corrected chi connectivity index (χ4v) is 2.99. The minimum atomic E-state index is 0.104. The zero-order chi connectivity index (χ0) is 12.0. The summed E-state index contributed by atoms with van der Waals surface area (Å²) in [6, 6.07) is 0.672. The summed E-state index contributed by atoms with van der Waals surface area (Å²) in [6.07, 6.45) is 8.34. The second-order valence-corrected chi connectivity index (χ2v) is 5.87. The van der Waals surface area contributed by atoms with Crippen LogP contribution in [-0.4, -0.2) is 25.3 Å². The molecule has 0 bridgehead atoms. The van der Waals surface area contributed by atoms with Crippen LogP contribution < -0.4 is 5.32 Å². The Labute approximate surface area is 101 Å².